The summed E-state index contributed by atoms with van der Waals surface area (Å²) in [6.45, 7) is 15.9. The van der Waals surface area contributed by atoms with E-state index in [1.165, 1.54) is 0 Å². The Morgan fingerprint density at radius 3 is 2.39 bits per heavy atom. The van der Waals surface area contributed by atoms with E-state index in [1.807, 2.05) is 52.3 Å². The minimum Gasteiger partial charge on any atom is -0.510 e. The predicted molar refractivity (Wildman–Crippen MR) is 134 cm³/mol. The molecule has 4 rings (SSSR count). The minimum atomic E-state index is -3.52. The molecular weight excluding hydrogens is 436 g/mol. The summed E-state index contributed by atoms with van der Waals surface area (Å²) in [5.41, 5.74) is 6.31. The first kappa shape index (κ1) is 23.4. The molecule has 0 amide bonds. The van der Waals surface area contributed by atoms with Crippen LogP contribution in [-0.2, 0) is 21.3 Å². The molecule has 0 bridgehead atoms. The minimum absolute atomic E-state index is 0.00579. The Morgan fingerprint density at radius 1 is 1.18 bits per heavy atom. The molecule has 0 radical (unpaired) electrons. The molecule has 176 valence electrons. The Bertz CT molecular complexity index is 1360. The number of benzene rings is 2. The quantitative estimate of drug-likeness (QED) is 0.466. The molecule has 2 heterocycles. The van der Waals surface area contributed by atoms with Gasteiger partial charge >= 0.3 is 0 Å². The molecule has 1 unspecified atom stereocenters. The van der Waals surface area contributed by atoms with Gasteiger partial charge in [-0.3, -0.25) is 4.72 Å². The van der Waals surface area contributed by atoms with Crippen LogP contribution >= 0.6 is 0 Å². The van der Waals surface area contributed by atoms with E-state index in [1.54, 1.807) is 0 Å². The van der Waals surface area contributed by atoms with Crippen molar-refractivity contribution in [2.24, 2.45) is 0 Å². The molecule has 0 fully saturated rings. The van der Waals surface area contributed by atoms with Crippen LogP contribution < -0.4 is 4.72 Å². The lowest BCUT2D eigenvalue weighted by molar-refractivity contribution is -0.0594. The number of anilines is 1. The third kappa shape index (κ3) is 4.27. The van der Waals surface area contributed by atoms with Gasteiger partial charge in [-0.15, -0.1) is 0 Å². The number of aliphatic hydroxyl groups is 1. The molecule has 7 heteroatoms. The summed E-state index contributed by atoms with van der Waals surface area (Å²) in [4.78, 5) is 0. The van der Waals surface area contributed by atoms with Gasteiger partial charge in [0, 0.05) is 23.7 Å². The first-order valence-electron chi connectivity index (χ1n) is 11.1. The topological polar surface area (TPSA) is 80.6 Å². The van der Waals surface area contributed by atoms with Crippen molar-refractivity contribution in [3.8, 4) is 11.1 Å². The molecule has 3 aromatic rings. The van der Waals surface area contributed by atoms with Crippen molar-refractivity contribution in [3.05, 3.63) is 65.1 Å². The van der Waals surface area contributed by atoms with E-state index in [4.69, 9.17) is 4.74 Å². The molecule has 0 spiro atoms. The number of ether oxygens (including phenoxy) is 1. The molecule has 0 aliphatic carbocycles. The van der Waals surface area contributed by atoms with Gasteiger partial charge in [0.25, 0.3) is 0 Å². The van der Waals surface area contributed by atoms with Gasteiger partial charge in [0.15, 0.2) is 0 Å². The lowest BCUT2D eigenvalue weighted by Crippen LogP contribution is -2.25. The number of aliphatic hydroxyl groups excluding tert-OH is 1. The van der Waals surface area contributed by atoms with E-state index in [0.29, 0.717) is 23.4 Å². The highest BCUT2D eigenvalue weighted by Gasteiger charge is 2.33. The number of nitrogens with one attached hydrogen (secondary N) is 1. The predicted octanol–water partition coefficient (Wildman–Crippen LogP) is 5.92. The zero-order valence-electron chi connectivity index (χ0n) is 20.1. The van der Waals surface area contributed by atoms with Gasteiger partial charge in [-0.2, -0.15) is 0 Å². The first-order chi connectivity index (χ1) is 15.3. The second-order valence-electron chi connectivity index (χ2n) is 9.91. The highest BCUT2D eigenvalue weighted by atomic mass is 32.2. The normalized spacial score (nSPS) is 16.3. The zero-order chi connectivity index (χ0) is 24.3. The maximum Gasteiger partial charge on any atom is 0.234 e. The van der Waals surface area contributed by atoms with Gasteiger partial charge in [-0.05, 0) is 63.8 Å². The van der Waals surface area contributed by atoms with Crippen molar-refractivity contribution in [3.63, 3.8) is 0 Å². The van der Waals surface area contributed by atoms with Crippen LogP contribution in [0, 0.1) is 20.8 Å². The summed E-state index contributed by atoms with van der Waals surface area (Å²) >= 11 is 0. The fourth-order valence-corrected chi connectivity index (χ4v) is 5.73. The van der Waals surface area contributed by atoms with E-state index in [-0.39, 0.29) is 11.5 Å². The van der Waals surface area contributed by atoms with Crippen molar-refractivity contribution in [2.45, 2.75) is 59.8 Å². The molecule has 33 heavy (non-hydrogen) atoms. The highest BCUT2D eigenvalue weighted by molar-refractivity contribution is 7.92. The molecular formula is C26H32N2O4S. The second-order valence-corrected chi connectivity index (χ2v) is 11.7. The Balaban J connectivity index is 2.19. The van der Waals surface area contributed by atoms with Gasteiger partial charge in [0.2, 0.25) is 10.0 Å². The van der Waals surface area contributed by atoms with Crippen molar-refractivity contribution in [1.29, 1.82) is 0 Å². The van der Waals surface area contributed by atoms with Crippen molar-refractivity contribution < 1.29 is 18.3 Å². The lowest BCUT2D eigenvalue weighted by atomic mass is 9.86. The summed E-state index contributed by atoms with van der Waals surface area (Å²) < 4.78 is 36.6. The molecule has 2 N–H and O–H groups in total. The molecule has 6 nitrogen and oxygen atoms in total. The van der Waals surface area contributed by atoms with Crippen LogP contribution in [0.1, 0.15) is 49.1 Å². The Kier molecular flexibility index (Phi) is 5.61. The van der Waals surface area contributed by atoms with Crippen LogP contribution in [0.3, 0.4) is 0 Å². The highest BCUT2D eigenvalue weighted by Crippen LogP contribution is 2.48. The number of aryl methyl sites for hydroxylation is 3. The van der Waals surface area contributed by atoms with Crippen LogP contribution in [0.25, 0.3) is 22.0 Å². The molecule has 1 aliphatic heterocycles. The largest absolute Gasteiger partial charge is 0.510 e. The third-order valence-electron chi connectivity index (χ3n) is 6.04. The average Bonchev–Trinajstić information content (AvgIpc) is 2.95. The van der Waals surface area contributed by atoms with Gasteiger partial charge in [-0.1, -0.05) is 36.4 Å². The number of sulfonamides is 1. The summed E-state index contributed by atoms with van der Waals surface area (Å²) in [5, 5.41) is 11.6. The fourth-order valence-electron chi connectivity index (χ4n) is 4.63. The van der Waals surface area contributed by atoms with Crippen LogP contribution in [0.5, 0.6) is 0 Å². The van der Waals surface area contributed by atoms with Crippen molar-refractivity contribution >= 4 is 26.6 Å². The molecule has 1 atom stereocenters. The van der Waals surface area contributed by atoms with Gasteiger partial charge < -0.3 is 14.4 Å². The monoisotopic (exact) mass is 468 g/mol. The first-order valence-corrected chi connectivity index (χ1v) is 12.7. The summed E-state index contributed by atoms with van der Waals surface area (Å²) in [7, 11) is -3.52. The maximum absolute atomic E-state index is 12.7. The van der Waals surface area contributed by atoms with E-state index < -0.39 is 21.7 Å². The molecule has 0 saturated carbocycles. The number of rotatable bonds is 4. The van der Waals surface area contributed by atoms with E-state index in [0.717, 1.165) is 33.2 Å². The van der Waals surface area contributed by atoms with Crippen LogP contribution in [0.4, 0.5) is 5.69 Å². The maximum atomic E-state index is 12.7. The van der Waals surface area contributed by atoms with E-state index in [9.17, 15) is 13.5 Å². The van der Waals surface area contributed by atoms with Crippen LogP contribution in [0.2, 0.25) is 0 Å². The Morgan fingerprint density at radius 2 is 1.82 bits per heavy atom. The molecule has 0 saturated heterocycles. The SMILES string of the molecule is C=C(O)C(OC(C)(C)C)c1c(C)c2c3c(c(C)cn3CCS(=O)(=O)N2)c1-c1ccc(C)cc1. The number of nitrogens with zero attached hydrogens (tertiary/aromatic N) is 1. The van der Waals surface area contributed by atoms with E-state index in [2.05, 4.69) is 35.6 Å². The molecule has 1 aliphatic rings. The average molecular weight is 469 g/mol. The standard InChI is InChI=1S/C26H32N2O4S/c1-15-8-10-19(11-9-15)22-20-16(2)14-28-12-13-33(30,31)27-23(24(20)28)17(3)21(22)25(18(4)29)32-26(5,6)7/h8-11,14,25,27,29H,4,12-13H2,1-3,5-7H3. The Hall–Kier alpha value is -2.77. The van der Waals surface area contributed by atoms with Crippen molar-refractivity contribution in [2.75, 3.05) is 10.5 Å². The zero-order valence-corrected chi connectivity index (χ0v) is 20.9. The van der Waals surface area contributed by atoms with Gasteiger partial charge in [0.05, 0.1) is 22.6 Å². The van der Waals surface area contributed by atoms with Crippen LogP contribution in [-0.4, -0.2) is 29.4 Å². The van der Waals surface area contributed by atoms with Gasteiger partial charge in [-0.25, -0.2) is 8.42 Å². The number of hydrogen-bond donors (Lipinski definition) is 2. The Labute approximate surface area is 195 Å². The summed E-state index contributed by atoms with van der Waals surface area (Å²) in [6.07, 6.45) is 1.17. The molecule has 2 aromatic carbocycles. The third-order valence-corrected chi connectivity index (χ3v) is 7.27. The summed E-state index contributed by atoms with van der Waals surface area (Å²) in [6, 6.07) is 8.21. The number of hydrogen-bond acceptors (Lipinski definition) is 4. The smallest absolute Gasteiger partial charge is 0.234 e. The lowest BCUT2D eigenvalue weighted by Gasteiger charge is -2.31. The van der Waals surface area contributed by atoms with E-state index >= 15 is 0 Å². The van der Waals surface area contributed by atoms with Gasteiger partial charge in [0.1, 0.15) is 11.9 Å². The van der Waals surface area contributed by atoms with Crippen molar-refractivity contribution in [1.82, 2.24) is 4.57 Å². The fraction of sp³-hybridized carbons (Fsp3) is 0.385. The van der Waals surface area contributed by atoms with Crippen LogP contribution in [0.15, 0.2) is 42.8 Å². The molecule has 1 aromatic heterocycles. The number of aromatic nitrogens is 1. The summed E-state index contributed by atoms with van der Waals surface area (Å²) in [5.74, 6) is -0.129. The second kappa shape index (κ2) is 7.92.